The summed E-state index contributed by atoms with van der Waals surface area (Å²) in [6, 6.07) is 7.15. The Bertz CT molecular complexity index is 1230. The molecule has 0 spiro atoms. The van der Waals surface area contributed by atoms with E-state index < -0.39 is 0 Å². The van der Waals surface area contributed by atoms with Gasteiger partial charge >= 0.3 is 0 Å². The number of rotatable bonds is 3. The highest BCUT2D eigenvalue weighted by Crippen LogP contribution is 2.19. The van der Waals surface area contributed by atoms with Crippen molar-refractivity contribution < 1.29 is 9.59 Å². The first-order valence-electron chi connectivity index (χ1n) is 11.8. The van der Waals surface area contributed by atoms with Crippen LogP contribution >= 0.6 is 11.3 Å². The Morgan fingerprint density at radius 2 is 1.82 bits per heavy atom. The van der Waals surface area contributed by atoms with E-state index in [2.05, 4.69) is 5.32 Å². The monoisotopic (exact) mass is 464 g/mol. The van der Waals surface area contributed by atoms with Gasteiger partial charge in [-0.1, -0.05) is 12.8 Å². The molecule has 0 bridgehead atoms. The van der Waals surface area contributed by atoms with E-state index in [9.17, 15) is 14.4 Å². The maximum Gasteiger partial charge on any atom is 0.261 e. The Hall–Kier alpha value is -3.00. The molecular weight excluding hydrogens is 436 g/mol. The van der Waals surface area contributed by atoms with E-state index in [1.807, 2.05) is 26.3 Å². The van der Waals surface area contributed by atoms with Crippen LogP contribution in [0.1, 0.15) is 65.1 Å². The number of amides is 2. The minimum Gasteiger partial charge on any atom is -0.349 e. The number of thiophene rings is 1. The second-order valence-corrected chi connectivity index (χ2v) is 9.71. The van der Waals surface area contributed by atoms with Gasteiger partial charge in [0.2, 0.25) is 0 Å². The summed E-state index contributed by atoms with van der Waals surface area (Å²) in [5, 5.41) is 7.38. The molecule has 3 aromatic rings. The van der Waals surface area contributed by atoms with E-state index in [0.717, 1.165) is 57.3 Å². The van der Waals surface area contributed by atoms with Crippen molar-refractivity contribution in [3.05, 3.63) is 62.3 Å². The molecule has 0 atom stereocenters. The Balaban J connectivity index is 1.29. The normalized spacial score (nSPS) is 17.3. The van der Waals surface area contributed by atoms with Crippen LogP contribution in [0.25, 0.3) is 10.9 Å². The lowest BCUT2D eigenvalue weighted by atomic mass is 10.0. The molecule has 1 fully saturated rings. The Morgan fingerprint density at radius 1 is 1.00 bits per heavy atom. The van der Waals surface area contributed by atoms with Crippen LogP contribution in [-0.4, -0.2) is 45.4 Å². The SMILES string of the molecule is O=C(NC1CCN(C(=O)c2ccc3c(=O)n4c(nc3c2)CCCCCC4)CC1)c1ccsc1. The first-order chi connectivity index (χ1) is 16.1. The number of benzene rings is 1. The van der Waals surface area contributed by atoms with Crippen LogP contribution in [0, 0.1) is 0 Å². The fourth-order valence-electron chi connectivity index (χ4n) is 4.80. The highest BCUT2D eigenvalue weighted by Gasteiger charge is 2.25. The van der Waals surface area contributed by atoms with Crippen molar-refractivity contribution in [3.63, 3.8) is 0 Å². The molecule has 5 rings (SSSR count). The number of piperidine rings is 1. The molecular formula is C25H28N4O3S. The van der Waals surface area contributed by atoms with Crippen molar-refractivity contribution in [3.8, 4) is 0 Å². The molecule has 172 valence electrons. The summed E-state index contributed by atoms with van der Waals surface area (Å²) in [6.07, 6.45) is 6.59. The third kappa shape index (κ3) is 4.57. The summed E-state index contributed by atoms with van der Waals surface area (Å²) in [5.74, 6) is 0.731. The maximum atomic E-state index is 13.2. The lowest BCUT2D eigenvalue weighted by Crippen LogP contribution is -2.46. The molecule has 2 amide bonds. The van der Waals surface area contributed by atoms with Crippen molar-refractivity contribution >= 4 is 34.1 Å². The average Bonchev–Trinajstić information content (AvgIpc) is 3.35. The molecule has 2 aromatic heterocycles. The van der Waals surface area contributed by atoms with Gasteiger partial charge in [-0.3, -0.25) is 19.0 Å². The molecule has 1 aromatic carbocycles. The van der Waals surface area contributed by atoms with Gasteiger partial charge in [-0.25, -0.2) is 4.98 Å². The van der Waals surface area contributed by atoms with Crippen molar-refractivity contribution in [1.82, 2.24) is 19.8 Å². The molecule has 33 heavy (non-hydrogen) atoms. The summed E-state index contributed by atoms with van der Waals surface area (Å²) >= 11 is 1.50. The lowest BCUT2D eigenvalue weighted by Gasteiger charge is -2.32. The third-order valence-corrected chi connectivity index (χ3v) is 7.40. The van der Waals surface area contributed by atoms with Gasteiger partial charge in [0.1, 0.15) is 5.82 Å². The molecule has 0 unspecified atom stereocenters. The van der Waals surface area contributed by atoms with E-state index in [4.69, 9.17) is 4.98 Å². The summed E-state index contributed by atoms with van der Waals surface area (Å²) in [7, 11) is 0. The molecule has 0 aliphatic carbocycles. The minimum absolute atomic E-state index is 0.00178. The molecule has 4 heterocycles. The fraction of sp³-hybridized carbons (Fsp3) is 0.440. The van der Waals surface area contributed by atoms with Gasteiger partial charge in [0.25, 0.3) is 17.4 Å². The zero-order valence-corrected chi connectivity index (χ0v) is 19.4. The summed E-state index contributed by atoms with van der Waals surface area (Å²) in [6.45, 7) is 1.90. The zero-order chi connectivity index (χ0) is 22.8. The van der Waals surface area contributed by atoms with E-state index in [0.29, 0.717) is 35.1 Å². The highest BCUT2D eigenvalue weighted by molar-refractivity contribution is 7.08. The first-order valence-corrected chi connectivity index (χ1v) is 12.7. The van der Waals surface area contributed by atoms with E-state index in [1.54, 1.807) is 18.2 Å². The third-order valence-electron chi connectivity index (χ3n) is 6.71. The molecule has 1 N–H and O–H groups in total. The first kappa shape index (κ1) is 21.8. The van der Waals surface area contributed by atoms with Crippen LogP contribution < -0.4 is 10.9 Å². The zero-order valence-electron chi connectivity index (χ0n) is 18.6. The number of nitrogens with zero attached hydrogens (tertiary/aromatic N) is 3. The quantitative estimate of drug-likeness (QED) is 0.642. The predicted octanol–water partition coefficient (Wildman–Crippen LogP) is 3.61. The smallest absolute Gasteiger partial charge is 0.261 e. The second-order valence-electron chi connectivity index (χ2n) is 8.93. The molecule has 7 nitrogen and oxygen atoms in total. The van der Waals surface area contributed by atoms with E-state index in [-0.39, 0.29) is 23.4 Å². The number of carbonyl (C=O) groups is 2. The Labute approximate surface area is 196 Å². The lowest BCUT2D eigenvalue weighted by molar-refractivity contribution is 0.0698. The minimum atomic E-state index is -0.0530. The Morgan fingerprint density at radius 3 is 2.61 bits per heavy atom. The maximum absolute atomic E-state index is 13.2. The molecule has 8 heteroatoms. The van der Waals surface area contributed by atoms with Gasteiger partial charge in [0.15, 0.2) is 0 Å². The van der Waals surface area contributed by atoms with Crippen molar-refractivity contribution in [2.45, 2.75) is 57.5 Å². The van der Waals surface area contributed by atoms with E-state index >= 15 is 0 Å². The number of fused-ring (bicyclic) bond motifs is 2. The Kier molecular flexibility index (Phi) is 6.26. The van der Waals surface area contributed by atoms with Gasteiger partial charge in [-0.05, 0) is 55.3 Å². The molecule has 2 aliphatic heterocycles. The number of likely N-dealkylation sites (tertiary alicyclic amines) is 1. The van der Waals surface area contributed by atoms with Crippen LogP contribution in [0.2, 0.25) is 0 Å². The largest absolute Gasteiger partial charge is 0.349 e. The number of aromatic nitrogens is 2. The molecule has 0 saturated carbocycles. The van der Waals surface area contributed by atoms with Crippen LogP contribution in [-0.2, 0) is 13.0 Å². The van der Waals surface area contributed by atoms with Crippen molar-refractivity contribution in [1.29, 1.82) is 0 Å². The average molecular weight is 465 g/mol. The number of hydrogen-bond acceptors (Lipinski definition) is 5. The standard InChI is InChI=1S/C25H28N4O3S/c30-23(18-10-14-33-16-18)26-19-8-12-28(13-9-19)24(31)17-6-7-20-21(15-17)27-22-5-3-1-2-4-11-29(22)25(20)32/h6-7,10,14-16,19H,1-5,8-9,11-13H2,(H,26,30). The summed E-state index contributed by atoms with van der Waals surface area (Å²) in [4.78, 5) is 45.1. The fourth-order valence-corrected chi connectivity index (χ4v) is 5.44. The predicted molar refractivity (Wildman–Crippen MR) is 129 cm³/mol. The van der Waals surface area contributed by atoms with Gasteiger partial charge in [-0.2, -0.15) is 11.3 Å². The topological polar surface area (TPSA) is 84.3 Å². The summed E-state index contributed by atoms with van der Waals surface area (Å²) in [5.41, 5.74) is 1.85. The highest BCUT2D eigenvalue weighted by atomic mass is 32.1. The van der Waals surface area contributed by atoms with Crippen molar-refractivity contribution in [2.24, 2.45) is 0 Å². The van der Waals surface area contributed by atoms with Crippen LogP contribution in [0.5, 0.6) is 0 Å². The van der Waals surface area contributed by atoms with Gasteiger partial charge in [-0.15, -0.1) is 0 Å². The number of carbonyl (C=O) groups excluding carboxylic acids is 2. The van der Waals surface area contributed by atoms with E-state index in [1.165, 1.54) is 11.3 Å². The number of hydrogen-bond donors (Lipinski definition) is 1. The summed E-state index contributed by atoms with van der Waals surface area (Å²) < 4.78 is 1.82. The van der Waals surface area contributed by atoms with Gasteiger partial charge in [0.05, 0.1) is 10.9 Å². The van der Waals surface area contributed by atoms with Crippen LogP contribution in [0.4, 0.5) is 0 Å². The second kappa shape index (κ2) is 9.47. The number of nitrogens with one attached hydrogen (secondary N) is 1. The number of aryl methyl sites for hydroxylation is 1. The molecule has 2 aliphatic rings. The van der Waals surface area contributed by atoms with Gasteiger partial charge in [0, 0.05) is 48.6 Å². The van der Waals surface area contributed by atoms with Gasteiger partial charge < -0.3 is 10.2 Å². The molecule has 0 radical (unpaired) electrons. The van der Waals surface area contributed by atoms with Crippen LogP contribution in [0.15, 0.2) is 39.8 Å². The molecule has 1 saturated heterocycles. The van der Waals surface area contributed by atoms with Crippen LogP contribution in [0.3, 0.4) is 0 Å². The van der Waals surface area contributed by atoms with Crippen molar-refractivity contribution in [2.75, 3.05) is 13.1 Å².